The standard InChI is InChI=1S/C19H18FN3O2/c1-24-19-9-5-15(13-21-19)22-18-8-4-14-12-16(6-7-17(14)23-18)25-11-3-2-10-20/h2-9,12-13H,10-11H2,1H3,(H,22,23)/b3-2+/i20-1. The van der Waals surface area contributed by atoms with Gasteiger partial charge < -0.3 is 14.8 Å². The van der Waals surface area contributed by atoms with Gasteiger partial charge in [0.05, 0.1) is 24.5 Å². The first-order valence-corrected chi connectivity index (χ1v) is 7.80. The van der Waals surface area contributed by atoms with Crippen LogP contribution in [0.15, 0.2) is 60.8 Å². The van der Waals surface area contributed by atoms with Crippen molar-refractivity contribution in [1.82, 2.24) is 9.97 Å². The highest BCUT2D eigenvalue weighted by molar-refractivity contribution is 5.82. The number of fused-ring (bicyclic) bond motifs is 1. The number of benzene rings is 1. The molecular weight excluding hydrogens is 320 g/mol. The Morgan fingerprint density at radius 1 is 1.12 bits per heavy atom. The SMILES string of the molecule is COc1ccc(Nc2ccc3cc(OC/C=C/C[18F])ccc3n2)cn1. The fourth-order valence-corrected chi connectivity index (χ4v) is 2.26. The van der Waals surface area contributed by atoms with Crippen LogP contribution < -0.4 is 14.8 Å². The van der Waals surface area contributed by atoms with E-state index in [1.807, 2.05) is 36.4 Å². The summed E-state index contributed by atoms with van der Waals surface area (Å²) in [5.74, 6) is 2.00. The molecule has 2 heterocycles. The van der Waals surface area contributed by atoms with Gasteiger partial charge in [0.2, 0.25) is 5.88 Å². The van der Waals surface area contributed by atoms with Crippen LogP contribution in [0.25, 0.3) is 10.9 Å². The lowest BCUT2D eigenvalue weighted by atomic mass is 10.2. The molecule has 0 aliphatic carbocycles. The zero-order chi connectivity index (χ0) is 17.5. The molecule has 3 aromatic rings. The average molecular weight is 338 g/mol. The summed E-state index contributed by atoms with van der Waals surface area (Å²) >= 11 is 0. The second-order valence-electron chi connectivity index (χ2n) is 5.20. The fourth-order valence-electron chi connectivity index (χ4n) is 2.26. The molecule has 0 saturated carbocycles. The maximum Gasteiger partial charge on any atom is 0.213 e. The molecule has 0 aliphatic rings. The number of hydrogen-bond donors (Lipinski definition) is 1. The fraction of sp³-hybridized carbons (Fsp3) is 0.158. The van der Waals surface area contributed by atoms with Crippen molar-refractivity contribution in [1.29, 1.82) is 0 Å². The number of pyridine rings is 2. The molecule has 0 bridgehead atoms. The Morgan fingerprint density at radius 2 is 2.04 bits per heavy atom. The molecule has 1 aromatic carbocycles. The lowest BCUT2D eigenvalue weighted by molar-refractivity contribution is 0.362. The van der Waals surface area contributed by atoms with Crippen molar-refractivity contribution >= 4 is 22.4 Å². The Kier molecular flexibility index (Phi) is 5.41. The van der Waals surface area contributed by atoms with Gasteiger partial charge in [-0.05, 0) is 42.5 Å². The predicted molar refractivity (Wildman–Crippen MR) is 96.4 cm³/mol. The van der Waals surface area contributed by atoms with Gasteiger partial charge in [-0.1, -0.05) is 6.08 Å². The Labute approximate surface area is 145 Å². The van der Waals surface area contributed by atoms with Crippen molar-refractivity contribution in [3.63, 3.8) is 0 Å². The van der Waals surface area contributed by atoms with E-state index in [9.17, 15) is 4.39 Å². The largest absolute Gasteiger partial charge is 0.490 e. The molecule has 0 aliphatic heterocycles. The highest BCUT2D eigenvalue weighted by Gasteiger charge is 2.02. The summed E-state index contributed by atoms with van der Waals surface area (Å²) in [4.78, 5) is 8.73. The average Bonchev–Trinajstić information content (AvgIpc) is 2.66. The Hall–Kier alpha value is -3.15. The number of anilines is 2. The van der Waals surface area contributed by atoms with Crippen molar-refractivity contribution in [3.05, 3.63) is 60.8 Å². The molecule has 0 fully saturated rings. The summed E-state index contributed by atoms with van der Waals surface area (Å²) in [6.07, 6.45) is 4.76. The molecule has 0 saturated heterocycles. The molecule has 25 heavy (non-hydrogen) atoms. The molecule has 0 amide bonds. The summed E-state index contributed by atoms with van der Waals surface area (Å²) in [6, 6.07) is 13.2. The number of nitrogens with zero attached hydrogens (tertiary/aromatic N) is 2. The Balaban J connectivity index is 1.72. The van der Waals surface area contributed by atoms with Gasteiger partial charge in [-0.25, -0.2) is 14.4 Å². The van der Waals surface area contributed by atoms with E-state index in [0.29, 0.717) is 12.5 Å². The molecule has 128 valence electrons. The number of allylic oxidation sites excluding steroid dienone is 1. The maximum atomic E-state index is 12.0. The van der Waals surface area contributed by atoms with Crippen molar-refractivity contribution in [3.8, 4) is 11.6 Å². The second-order valence-corrected chi connectivity index (χ2v) is 5.20. The molecule has 0 radical (unpaired) electrons. The Bertz CT molecular complexity index is 866. The maximum absolute atomic E-state index is 12.0. The first-order valence-electron chi connectivity index (χ1n) is 7.80. The van der Waals surface area contributed by atoms with Gasteiger partial charge in [-0.3, -0.25) is 0 Å². The first-order chi connectivity index (χ1) is 12.3. The molecule has 5 nitrogen and oxygen atoms in total. The van der Waals surface area contributed by atoms with E-state index in [1.165, 1.54) is 6.08 Å². The molecule has 1 N–H and O–H groups in total. The van der Waals surface area contributed by atoms with Crippen LogP contribution in [0, 0.1) is 0 Å². The van der Waals surface area contributed by atoms with Crippen LogP contribution >= 0.6 is 0 Å². The van der Waals surface area contributed by atoms with Gasteiger partial charge in [-0.2, -0.15) is 0 Å². The van der Waals surface area contributed by atoms with Crippen LogP contribution in [0.2, 0.25) is 0 Å². The quantitative estimate of drug-likeness (QED) is 0.651. The van der Waals surface area contributed by atoms with E-state index < -0.39 is 6.67 Å². The molecule has 0 unspecified atom stereocenters. The molecule has 3 rings (SSSR count). The lowest BCUT2D eigenvalue weighted by Gasteiger charge is -2.08. The van der Waals surface area contributed by atoms with Gasteiger partial charge >= 0.3 is 0 Å². The van der Waals surface area contributed by atoms with Crippen molar-refractivity contribution in [2.24, 2.45) is 0 Å². The number of alkyl halides is 1. The highest BCUT2D eigenvalue weighted by Crippen LogP contribution is 2.23. The number of methoxy groups -OCH3 is 1. The van der Waals surface area contributed by atoms with Gasteiger partial charge in [0.15, 0.2) is 0 Å². The second kappa shape index (κ2) is 8.10. The molecule has 0 atom stereocenters. The minimum absolute atomic E-state index is 0.340. The topological polar surface area (TPSA) is 56.3 Å². The molecule has 2 aromatic heterocycles. The van der Waals surface area contributed by atoms with Gasteiger partial charge in [-0.15, -0.1) is 0 Å². The highest BCUT2D eigenvalue weighted by atomic mass is 18.2. The smallest absolute Gasteiger partial charge is 0.213 e. The van der Waals surface area contributed by atoms with Gasteiger partial charge in [0, 0.05) is 11.5 Å². The summed E-state index contributed by atoms with van der Waals surface area (Å²) in [5.41, 5.74) is 1.67. The van der Waals surface area contributed by atoms with E-state index >= 15 is 0 Å². The van der Waals surface area contributed by atoms with Gasteiger partial charge in [0.1, 0.15) is 24.8 Å². The number of aromatic nitrogens is 2. The summed E-state index contributed by atoms with van der Waals surface area (Å²) < 4.78 is 22.6. The molecule has 0 spiro atoms. The monoisotopic (exact) mass is 338 g/mol. The predicted octanol–water partition coefficient (Wildman–Crippen LogP) is 4.29. The minimum Gasteiger partial charge on any atom is -0.490 e. The summed E-state index contributed by atoms with van der Waals surface area (Å²) in [5, 5.41) is 4.17. The molecular formula is C19H18FN3O2. The van der Waals surface area contributed by atoms with Crippen molar-refractivity contribution < 1.29 is 13.9 Å². The van der Waals surface area contributed by atoms with Gasteiger partial charge in [0.25, 0.3) is 0 Å². The van der Waals surface area contributed by atoms with Crippen LogP contribution in [0.1, 0.15) is 0 Å². The number of halogens is 1. The lowest BCUT2D eigenvalue weighted by Crippen LogP contribution is -1.96. The van der Waals surface area contributed by atoms with Crippen LogP contribution in [-0.4, -0.2) is 30.4 Å². The van der Waals surface area contributed by atoms with Crippen LogP contribution in [0.5, 0.6) is 11.6 Å². The Morgan fingerprint density at radius 3 is 2.80 bits per heavy atom. The third kappa shape index (κ3) is 4.44. The first kappa shape index (κ1) is 16.7. The third-order valence-corrected chi connectivity index (χ3v) is 3.48. The number of hydrogen-bond acceptors (Lipinski definition) is 5. The number of ether oxygens (including phenoxy) is 2. The van der Waals surface area contributed by atoms with E-state index in [1.54, 1.807) is 25.4 Å². The molecule has 6 heteroatoms. The van der Waals surface area contributed by atoms with E-state index in [0.717, 1.165) is 28.2 Å². The van der Waals surface area contributed by atoms with E-state index in [2.05, 4.69) is 15.3 Å². The minimum atomic E-state index is -0.482. The number of rotatable bonds is 7. The summed E-state index contributed by atoms with van der Waals surface area (Å²) in [7, 11) is 1.58. The zero-order valence-electron chi connectivity index (χ0n) is 13.8. The van der Waals surface area contributed by atoms with Crippen LogP contribution in [0.4, 0.5) is 15.9 Å². The zero-order valence-corrected chi connectivity index (χ0v) is 13.8. The normalized spacial score (nSPS) is 11.0. The van der Waals surface area contributed by atoms with E-state index in [-0.39, 0.29) is 0 Å². The van der Waals surface area contributed by atoms with Crippen molar-refractivity contribution in [2.45, 2.75) is 0 Å². The van der Waals surface area contributed by atoms with Crippen molar-refractivity contribution in [2.75, 3.05) is 25.7 Å². The van der Waals surface area contributed by atoms with Crippen LogP contribution in [-0.2, 0) is 0 Å². The summed E-state index contributed by atoms with van der Waals surface area (Å²) in [6.45, 7) is -0.141. The number of nitrogens with one attached hydrogen (secondary N) is 1. The van der Waals surface area contributed by atoms with Crippen LogP contribution in [0.3, 0.4) is 0 Å². The van der Waals surface area contributed by atoms with E-state index in [4.69, 9.17) is 9.47 Å². The third-order valence-electron chi connectivity index (χ3n) is 3.48.